The molecule has 0 saturated carbocycles. The van der Waals surface area contributed by atoms with Crippen molar-refractivity contribution in [2.75, 3.05) is 38.7 Å². The molecule has 3 rings (SSSR count). The highest BCUT2D eigenvalue weighted by molar-refractivity contribution is 6.32. The molecule has 1 aromatic heterocycles. The van der Waals surface area contributed by atoms with E-state index in [0.29, 0.717) is 35.4 Å². The van der Waals surface area contributed by atoms with Crippen molar-refractivity contribution >= 4 is 35.6 Å². The van der Waals surface area contributed by atoms with Crippen LogP contribution in [-0.2, 0) is 4.74 Å². The number of carbonyl (C=O) groups is 1. The van der Waals surface area contributed by atoms with Crippen LogP contribution in [0.15, 0.2) is 18.2 Å². The Kier molecular flexibility index (Phi) is 8.50. The Morgan fingerprint density at radius 2 is 2.11 bits per heavy atom. The van der Waals surface area contributed by atoms with Gasteiger partial charge in [-0.1, -0.05) is 22.9 Å². The topological polar surface area (TPSA) is 90.3 Å². The average Bonchev–Trinajstić information content (AvgIpc) is 3.06. The van der Waals surface area contributed by atoms with Crippen LogP contribution in [0.1, 0.15) is 35.1 Å². The lowest BCUT2D eigenvalue weighted by Crippen LogP contribution is -2.30. The molecule has 0 atom stereocenters. The molecule has 2 heterocycles. The number of ether oxygens (including phenoxy) is 2. The van der Waals surface area contributed by atoms with Gasteiger partial charge in [-0.05, 0) is 45.0 Å². The van der Waals surface area contributed by atoms with Gasteiger partial charge in [-0.3, -0.25) is 4.79 Å². The zero-order chi connectivity index (χ0) is 19.2. The van der Waals surface area contributed by atoms with Gasteiger partial charge in [0, 0.05) is 7.11 Å². The van der Waals surface area contributed by atoms with Gasteiger partial charge >= 0.3 is 0 Å². The molecule has 1 fully saturated rings. The number of methoxy groups -OCH3 is 1. The number of hydrogen-bond donors (Lipinski definition) is 2. The fourth-order valence-corrected chi connectivity index (χ4v) is 3.34. The van der Waals surface area contributed by atoms with Gasteiger partial charge in [-0.15, -0.1) is 17.5 Å². The molecule has 1 aromatic carbocycles. The average molecular weight is 430 g/mol. The van der Waals surface area contributed by atoms with Crippen LogP contribution in [0.3, 0.4) is 0 Å². The summed E-state index contributed by atoms with van der Waals surface area (Å²) in [5.74, 6) is 0.0690. The number of halogens is 2. The van der Waals surface area contributed by atoms with Gasteiger partial charge in [0.1, 0.15) is 6.61 Å². The van der Waals surface area contributed by atoms with E-state index < -0.39 is 0 Å². The molecule has 10 heteroatoms. The molecule has 1 aliphatic heterocycles. The van der Waals surface area contributed by atoms with E-state index in [-0.39, 0.29) is 24.4 Å². The first kappa shape index (κ1) is 22.4. The molecule has 0 aliphatic carbocycles. The first-order chi connectivity index (χ1) is 13.1. The third-order valence-electron chi connectivity index (χ3n) is 4.55. The fourth-order valence-electron chi connectivity index (χ4n) is 3.11. The van der Waals surface area contributed by atoms with E-state index in [1.54, 1.807) is 25.3 Å². The smallest absolute Gasteiger partial charge is 0.278 e. The minimum absolute atomic E-state index is 0. The van der Waals surface area contributed by atoms with E-state index >= 15 is 0 Å². The van der Waals surface area contributed by atoms with Gasteiger partial charge in [0.2, 0.25) is 0 Å². The molecule has 1 saturated heterocycles. The number of nitrogens with one attached hydrogen (secondary N) is 2. The number of hydrogen-bond acceptors (Lipinski definition) is 6. The van der Waals surface area contributed by atoms with Crippen molar-refractivity contribution in [1.82, 2.24) is 20.3 Å². The van der Waals surface area contributed by atoms with Crippen LogP contribution >= 0.6 is 24.0 Å². The third-order valence-corrected chi connectivity index (χ3v) is 4.84. The van der Waals surface area contributed by atoms with Crippen molar-refractivity contribution in [2.24, 2.45) is 0 Å². The van der Waals surface area contributed by atoms with Crippen molar-refractivity contribution in [2.45, 2.75) is 25.8 Å². The second kappa shape index (κ2) is 10.6. The summed E-state index contributed by atoms with van der Waals surface area (Å²) in [6, 6.07) is 5.45. The zero-order valence-electron chi connectivity index (χ0n) is 15.9. The normalized spacial score (nSPS) is 14.4. The summed E-state index contributed by atoms with van der Waals surface area (Å²) in [4.78, 5) is 12.8. The summed E-state index contributed by atoms with van der Waals surface area (Å²) in [6.07, 6.45) is 1.94. The van der Waals surface area contributed by atoms with Gasteiger partial charge < -0.3 is 20.1 Å². The van der Waals surface area contributed by atoms with E-state index in [9.17, 15) is 4.79 Å². The highest BCUT2D eigenvalue weighted by Gasteiger charge is 2.23. The summed E-state index contributed by atoms with van der Waals surface area (Å²) in [6.45, 7) is 4.49. The number of anilines is 1. The van der Waals surface area contributed by atoms with Crippen LogP contribution in [0.2, 0.25) is 5.02 Å². The Morgan fingerprint density at radius 3 is 2.82 bits per heavy atom. The van der Waals surface area contributed by atoms with Crippen LogP contribution in [0.4, 0.5) is 5.69 Å². The SMILES string of the molecule is COCCOc1c(Cl)cccc1NC(=O)c1nnn(C2CCNCC2)c1C.Cl. The summed E-state index contributed by atoms with van der Waals surface area (Å²) in [7, 11) is 1.59. The van der Waals surface area contributed by atoms with Crippen LogP contribution < -0.4 is 15.4 Å². The maximum absolute atomic E-state index is 12.8. The molecule has 1 aliphatic rings. The Bertz CT molecular complexity index is 794. The van der Waals surface area contributed by atoms with Crippen LogP contribution in [0.25, 0.3) is 0 Å². The Morgan fingerprint density at radius 1 is 1.36 bits per heavy atom. The van der Waals surface area contributed by atoms with Crippen molar-refractivity contribution in [3.05, 3.63) is 34.6 Å². The number of benzene rings is 1. The number of carbonyl (C=O) groups excluding carboxylic acids is 1. The number of nitrogens with zero attached hydrogens (tertiary/aromatic N) is 3. The highest BCUT2D eigenvalue weighted by Crippen LogP contribution is 2.33. The number of amides is 1. The van der Waals surface area contributed by atoms with Crippen LogP contribution in [0, 0.1) is 6.92 Å². The second-order valence-corrected chi connectivity index (χ2v) is 6.77. The molecular formula is C18H25Cl2N5O3. The van der Waals surface area contributed by atoms with Gasteiger partial charge in [0.15, 0.2) is 11.4 Å². The molecule has 2 aromatic rings. The lowest BCUT2D eigenvalue weighted by molar-refractivity contribution is 0.102. The Balaban J connectivity index is 0.00000280. The van der Waals surface area contributed by atoms with Crippen molar-refractivity contribution in [1.29, 1.82) is 0 Å². The molecule has 0 unspecified atom stereocenters. The zero-order valence-corrected chi connectivity index (χ0v) is 17.5. The van der Waals surface area contributed by atoms with E-state index in [1.807, 2.05) is 11.6 Å². The van der Waals surface area contributed by atoms with Crippen LogP contribution in [0.5, 0.6) is 5.75 Å². The minimum Gasteiger partial charge on any atom is -0.487 e. The molecule has 8 nitrogen and oxygen atoms in total. The molecule has 1 amide bonds. The number of rotatable bonds is 7. The standard InChI is InChI=1S/C18H24ClN5O3.ClH/c1-12-16(22-23-24(12)13-6-8-20-9-7-13)18(25)21-15-5-3-4-14(19)17(15)27-11-10-26-2;/h3-5,13,20H,6-11H2,1-2H3,(H,21,25);1H. The van der Waals surface area contributed by atoms with Crippen LogP contribution in [-0.4, -0.2) is 54.3 Å². The maximum Gasteiger partial charge on any atom is 0.278 e. The Labute approximate surface area is 175 Å². The first-order valence-corrected chi connectivity index (χ1v) is 9.33. The molecule has 2 N–H and O–H groups in total. The Hall–Kier alpha value is -1.87. The summed E-state index contributed by atoms with van der Waals surface area (Å²) in [5, 5.41) is 14.9. The lowest BCUT2D eigenvalue weighted by atomic mass is 10.1. The number of piperidine rings is 1. The molecular weight excluding hydrogens is 405 g/mol. The van der Waals surface area contributed by atoms with E-state index in [2.05, 4.69) is 20.9 Å². The summed E-state index contributed by atoms with van der Waals surface area (Å²) >= 11 is 6.22. The predicted molar refractivity (Wildman–Crippen MR) is 110 cm³/mol. The van der Waals surface area contributed by atoms with Crippen molar-refractivity contribution in [3.63, 3.8) is 0 Å². The first-order valence-electron chi connectivity index (χ1n) is 8.96. The minimum atomic E-state index is -0.341. The highest BCUT2D eigenvalue weighted by atomic mass is 35.5. The molecule has 0 radical (unpaired) electrons. The number of aromatic nitrogens is 3. The molecule has 0 spiro atoms. The van der Waals surface area contributed by atoms with Gasteiger partial charge in [0.25, 0.3) is 5.91 Å². The predicted octanol–water partition coefficient (Wildman–Crippen LogP) is 2.86. The van der Waals surface area contributed by atoms with E-state index in [1.165, 1.54) is 0 Å². The summed E-state index contributed by atoms with van der Waals surface area (Å²) in [5.41, 5.74) is 1.54. The lowest BCUT2D eigenvalue weighted by Gasteiger charge is -2.23. The number of para-hydroxylation sites is 1. The van der Waals surface area contributed by atoms with Gasteiger partial charge in [-0.2, -0.15) is 0 Å². The summed E-state index contributed by atoms with van der Waals surface area (Å²) < 4.78 is 12.5. The van der Waals surface area contributed by atoms with E-state index in [4.69, 9.17) is 21.1 Å². The molecule has 0 bridgehead atoms. The fraction of sp³-hybridized carbons (Fsp3) is 0.500. The van der Waals surface area contributed by atoms with Crippen molar-refractivity contribution in [3.8, 4) is 5.75 Å². The molecule has 28 heavy (non-hydrogen) atoms. The molecule has 154 valence electrons. The van der Waals surface area contributed by atoms with Gasteiger partial charge in [-0.25, -0.2) is 4.68 Å². The van der Waals surface area contributed by atoms with Gasteiger partial charge in [0.05, 0.1) is 29.1 Å². The third kappa shape index (κ3) is 5.14. The monoisotopic (exact) mass is 429 g/mol. The second-order valence-electron chi connectivity index (χ2n) is 6.36. The largest absolute Gasteiger partial charge is 0.487 e. The maximum atomic E-state index is 12.8. The van der Waals surface area contributed by atoms with Crippen molar-refractivity contribution < 1.29 is 14.3 Å². The van der Waals surface area contributed by atoms with E-state index in [0.717, 1.165) is 31.6 Å². The quantitative estimate of drug-likeness (QED) is 0.657.